The van der Waals surface area contributed by atoms with Crippen LogP contribution in [-0.2, 0) is 13.2 Å². The van der Waals surface area contributed by atoms with Gasteiger partial charge in [-0.15, -0.1) is 0 Å². The number of fused-ring (bicyclic) bond motifs is 1. The van der Waals surface area contributed by atoms with Crippen molar-refractivity contribution in [1.82, 2.24) is 14.9 Å². The first-order valence-electron chi connectivity index (χ1n) is 8.88. The zero-order valence-electron chi connectivity index (χ0n) is 15.3. The largest absolute Gasteiger partial charge is 0.488 e. The van der Waals surface area contributed by atoms with Crippen LogP contribution in [0, 0.1) is 17.5 Å². The monoisotopic (exact) mass is 394 g/mol. The van der Waals surface area contributed by atoms with Crippen LogP contribution in [0.1, 0.15) is 17.0 Å². The van der Waals surface area contributed by atoms with Gasteiger partial charge in [-0.2, -0.15) is 5.10 Å². The van der Waals surface area contributed by atoms with Crippen molar-refractivity contribution in [2.75, 3.05) is 5.43 Å². The molecular weight excluding hydrogens is 375 g/mol. The van der Waals surface area contributed by atoms with E-state index in [-0.39, 0.29) is 12.4 Å². The Morgan fingerprint density at radius 2 is 1.89 bits per heavy atom. The van der Waals surface area contributed by atoms with E-state index in [2.05, 4.69) is 15.6 Å². The van der Waals surface area contributed by atoms with Crippen LogP contribution in [0.5, 0.6) is 5.75 Å². The van der Waals surface area contributed by atoms with Crippen molar-refractivity contribution in [2.24, 2.45) is 0 Å². The van der Waals surface area contributed by atoms with Crippen LogP contribution in [-0.4, -0.2) is 14.9 Å². The smallest absolute Gasteiger partial charge is 0.214 e. The maximum Gasteiger partial charge on any atom is 0.214 e. The molecular formula is C21H19FN4OS. The maximum atomic E-state index is 14.0. The van der Waals surface area contributed by atoms with Crippen LogP contribution >= 0.6 is 12.2 Å². The molecule has 0 saturated carbocycles. The summed E-state index contributed by atoms with van der Waals surface area (Å²) < 4.78 is 22.2. The van der Waals surface area contributed by atoms with E-state index < -0.39 is 0 Å². The van der Waals surface area contributed by atoms with E-state index in [4.69, 9.17) is 17.0 Å². The van der Waals surface area contributed by atoms with Crippen LogP contribution in [0.4, 0.5) is 4.39 Å². The summed E-state index contributed by atoms with van der Waals surface area (Å²) in [5, 5.41) is 9.03. The Labute approximate surface area is 166 Å². The molecule has 1 aromatic heterocycles. The van der Waals surface area contributed by atoms with Gasteiger partial charge in [0.1, 0.15) is 24.0 Å². The molecule has 0 spiro atoms. The first-order valence-corrected chi connectivity index (χ1v) is 9.29. The highest BCUT2D eigenvalue weighted by atomic mass is 32.1. The molecule has 28 heavy (non-hydrogen) atoms. The van der Waals surface area contributed by atoms with Crippen LogP contribution in [0.15, 0.2) is 60.7 Å². The average molecular weight is 394 g/mol. The molecule has 0 saturated heterocycles. The standard InChI is InChI=1S/C21H19FN4OS/c1-14-24-25-21(28)26(14)23-12-18-17-8-4-2-6-15(17)10-11-20(18)27-13-16-7-3-5-9-19(16)22/h2-11,23H,12-13H2,1H3,(H,25,28). The van der Waals surface area contributed by atoms with Crippen LogP contribution < -0.4 is 10.2 Å². The van der Waals surface area contributed by atoms with Gasteiger partial charge in [-0.3, -0.25) is 5.10 Å². The second kappa shape index (κ2) is 7.82. The average Bonchev–Trinajstić information content (AvgIpc) is 3.03. The van der Waals surface area contributed by atoms with Crippen LogP contribution in [0.2, 0.25) is 0 Å². The fourth-order valence-corrected chi connectivity index (χ4v) is 3.37. The van der Waals surface area contributed by atoms with Crippen molar-refractivity contribution >= 4 is 23.0 Å². The zero-order valence-corrected chi connectivity index (χ0v) is 16.1. The second-order valence-electron chi connectivity index (χ2n) is 6.39. The zero-order chi connectivity index (χ0) is 19.5. The molecule has 3 aromatic carbocycles. The highest BCUT2D eigenvalue weighted by Gasteiger charge is 2.11. The van der Waals surface area contributed by atoms with Gasteiger partial charge in [-0.05, 0) is 42.0 Å². The van der Waals surface area contributed by atoms with Gasteiger partial charge in [-0.1, -0.05) is 48.5 Å². The van der Waals surface area contributed by atoms with Gasteiger partial charge in [0.25, 0.3) is 0 Å². The number of rotatable bonds is 6. The van der Waals surface area contributed by atoms with E-state index >= 15 is 0 Å². The summed E-state index contributed by atoms with van der Waals surface area (Å²) in [4.78, 5) is 0. The topological polar surface area (TPSA) is 54.9 Å². The van der Waals surface area contributed by atoms with Gasteiger partial charge in [0.05, 0.1) is 6.54 Å². The lowest BCUT2D eigenvalue weighted by Gasteiger charge is -2.16. The molecule has 1 heterocycles. The molecule has 2 N–H and O–H groups in total. The summed E-state index contributed by atoms with van der Waals surface area (Å²) in [6, 6.07) is 18.6. The normalized spacial score (nSPS) is 10.9. The molecule has 0 atom stereocenters. The van der Waals surface area contributed by atoms with Crippen LogP contribution in [0.3, 0.4) is 0 Å². The number of nitrogens with one attached hydrogen (secondary N) is 2. The molecule has 0 aliphatic carbocycles. The molecule has 4 aromatic rings. The number of benzene rings is 3. The lowest BCUT2D eigenvalue weighted by molar-refractivity contribution is 0.297. The summed E-state index contributed by atoms with van der Waals surface area (Å²) in [6.45, 7) is 2.49. The van der Waals surface area contributed by atoms with E-state index in [1.165, 1.54) is 6.07 Å². The first kappa shape index (κ1) is 18.2. The van der Waals surface area contributed by atoms with Gasteiger partial charge in [0, 0.05) is 11.1 Å². The Bertz CT molecular complexity index is 1180. The highest BCUT2D eigenvalue weighted by Crippen LogP contribution is 2.29. The molecule has 4 rings (SSSR count). The van der Waals surface area contributed by atoms with E-state index in [0.29, 0.717) is 22.6 Å². The molecule has 5 nitrogen and oxygen atoms in total. The Kier molecular flexibility index (Phi) is 5.08. The van der Waals surface area contributed by atoms with Gasteiger partial charge < -0.3 is 10.2 Å². The predicted octanol–water partition coefficient (Wildman–Crippen LogP) is 4.86. The van der Waals surface area contributed by atoms with Crippen molar-refractivity contribution in [3.05, 3.63) is 88.2 Å². The third-order valence-electron chi connectivity index (χ3n) is 4.59. The van der Waals surface area contributed by atoms with Gasteiger partial charge in [0.15, 0.2) is 0 Å². The molecule has 0 aliphatic rings. The van der Waals surface area contributed by atoms with E-state index in [1.807, 2.05) is 43.3 Å². The van der Waals surface area contributed by atoms with Crippen molar-refractivity contribution in [3.8, 4) is 5.75 Å². The summed E-state index contributed by atoms with van der Waals surface area (Å²) in [5.74, 6) is 1.16. The van der Waals surface area contributed by atoms with Crippen molar-refractivity contribution < 1.29 is 9.13 Å². The van der Waals surface area contributed by atoms with E-state index in [1.54, 1.807) is 22.9 Å². The maximum absolute atomic E-state index is 14.0. The molecule has 0 unspecified atom stereocenters. The lowest BCUT2D eigenvalue weighted by Crippen LogP contribution is -2.17. The van der Waals surface area contributed by atoms with Crippen molar-refractivity contribution in [3.63, 3.8) is 0 Å². The fourth-order valence-electron chi connectivity index (χ4n) is 3.12. The Morgan fingerprint density at radius 1 is 1.11 bits per heavy atom. The number of aromatic amines is 1. The number of aryl methyl sites for hydroxylation is 1. The number of ether oxygens (including phenoxy) is 1. The Balaban J connectivity index is 1.67. The third kappa shape index (κ3) is 3.61. The lowest BCUT2D eigenvalue weighted by atomic mass is 10.0. The molecule has 142 valence electrons. The second-order valence-corrected chi connectivity index (χ2v) is 6.78. The summed E-state index contributed by atoms with van der Waals surface area (Å²) in [5.41, 5.74) is 4.77. The molecule has 0 aliphatic heterocycles. The van der Waals surface area contributed by atoms with Crippen molar-refractivity contribution in [2.45, 2.75) is 20.1 Å². The van der Waals surface area contributed by atoms with Crippen molar-refractivity contribution in [1.29, 1.82) is 0 Å². The van der Waals surface area contributed by atoms with E-state index in [0.717, 1.165) is 22.2 Å². The quantitative estimate of drug-likeness (QED) is 0.459. The number of nitrogens with zero attached hydrogens (tertiary/aromatic N) is 2. The molecule has 0 amide bonds. The number of halogens is 1. The van der Waals surface area contributed by atoms with Crippen LogP contribution in [0.25, 0.3) is 10.8 Å². The molecule has 0 bridgehead atoms. The number of hydrogen-bond acceptors (Lipinski definition) is 4. The number of H-pyrrole nitrogens is 1. The van der Waals surface area contributed by atoms with Gasteiger partial charge >= 0.3 is 0 Å². The molecule has 0 radical (unpaired) electrons. The fraction of sp³-hybridized carbons (Fsp3) is 0.143. The minimum absolute atomic E-state index is 0.155. The van der Waals surface area contributed by atoms with E-state index in [9.17, 15) is 4.39 Å². The Morgan fingerprint density at radius 3 is 2.68 bits per heavy atom. The summed E-state index contributed by atoms with van der Waals surface area (Å²) in [6.07, 6.45) is 0. The third-order valence-corrected chi connectivity index (χ3v) is 4.87. The summed E-state index contributed by atoms with van der Waals surface area (Å²) >= 11 is 5.26. The first-order chi connectivity index (χ1) is 13.6. The summed E-state index contributed by atoms with van der Waals surface area (Å²) in [7, 11) is 0. The number of aromatic nitrogens is 3. The molecule has 7 heteroatoms. The minimum Gasteiger partial charge on any atom is -0.488 e. The number of hydrogen-bond donors (Lipinski definition) is 2. The Hall–Kier alpha value is -3.19. The SMILES string of the molecule is Cc1n[nH]c(=S)n1NCc1c(OCc2ccccc2F)ccc2ccccc12. The highest BCUT2D eigenvalue weighted by molar-refractivity contribution is 7.71. The minimum atomic E-state index is -0.275. The molecule has 0 fully saturated rings. The van der Waals surface area contributed by atoms with Gasteiger partial charge in [-0.25, -0.2) is 9.07 Å². The predicted molar refractivity (Wildman–Crippen MR) is 110 cm³/mol. The van der Waals surface area contributed by atoms with Gasteiger partial charge in [0.2, 0.25) is 4.77 Å².